The maximum atomic E-state index is 13.0. The van der Waals surface area contributed by atoms with E-state index in [9.17, 15) is 29.1 Å². The average molecular weight is 419 g/mol. The molecular weight excluding hydrogens is 402 g/mol. The number of anilines is 1. The molecule has 3 N–H and O–H groups in total. The molecule has 0 radical (unpaired) electrons. The third-order valence-corrected chi connectivity index (χ3v) is 4.27. The molecule has 1 aliphatic rings. The van der Waals surface area contributed by atoms with E-state index >= 15 is 0 Å². The maximum absolute atomic E-state index is 13.0. The van der Waals surface area contributed by atoms with Crippen LogP contribution in [0, 0.1) is 12.3 Å². The van der Waals surface area contributed by atoms with Crippen molar-refractivity contribution in [2.45, 2.75) is 45.2 Å². The summed E-state index contributed by atoms with van der Waals surface area (Å²) in [5, 5.41) is 11.6. The van der Waals surface area contributed by atoms with Crippen LogP contribution < -0.4 is 16.6 Å². The molecule has 1 aliphatic heterocycles. The number of H-pyrrole nitrogens is 1. The quantitative estimate of drug-likeness (QED) is 0.396. The topological polar surface area (TPSA) is 175 Å². The van der Waals surface area contributed by atoms with Crippen molar-refractivity contribution in [3.63, 3.8) is 0 Å². The number of carbonyl (C=O) groups is 3. The first-order valence-electron chi connectivity index (χ1n) is 8.65. The minimum atomic E-state index is -1.39. The summed E-state index contributed by atoms with van der Waals surface area (Å²) in [5.74, 6) is -0.572. The van der Waals surface area contributed by atoms with E-state index in [-0.39, 0.29) is 30.1 Å². The Kier molecular flexibility index (Phi) is 5.43. The van der Waals surface area contributed by atoms with Gasteiger partial charge in [-0.15, -0.1) is 6.42 Å². The Morgan fingerprint density at radius 2 is 2.10 bits per heavy atom. The molecule has 3 unspecified atom stereocenters. The molecule has 30 heavy (non-hydrogen) atoms. The summed E-state index contributed by atoms with van der Waals surface area (Å²) >= 11 is 0. The van der Waals surface area contributed by atoms with Gasteiger partial charge in [-0.05, 0) is 0 Å². The number of carbonyl (C=O) groups excluding carboxylic acids is 2. The molecule has 3 atom stereocenters. The van der Waals surface area contributed by atoms with Gasteiger partial charge in [0.05, 0.1) is 6.54 Å². The van der Waals surface area contributed by atoms with Gasteiger partial charge < -0.3 is 14.6 Å². The zero-order chi connectivity index (χ0) is 22.2. The first-order chi connectivity index (χ1) is 14.1. The number of carboxylic acids is 1. The summed E-state index contributed by atoms with van der Waals surface area (Å²) in [5.41, 5.74) is -2.03. The Balaban J connectivity index is 2.27. The van der Waals surface area contributed by atoms with Crippen LogP contribution in [0.5, 0.6) is 0 Å². The van der Waals surface area contributed by atoms with Crippen LogP contribution in [0.1, 0.15) is 26.5 Å². The van der Waals surface area contributed by atoms with Gasteiger partial charge in [0.1, 0.15) is 0 Å². The van der Waals surface area contributed by atoms with Crippen molar-refractivity contribution in [1.29, 1.82) is 0 Å². The van der Waals surface area contributed by atoms with Crippen molar-refractivity contribution in [1.82, 2.24) is 19.1 Å². The van der Waals surface area contributed by atoms with Crippen molar-refractivity contribution < 1.29 is 29.0 Å². The van der Waals surface area contributed by atoms with E-state index in [4.69, 9.17) is 15.9 Å². The van der Waals surface area contributed by atoms with E-state index in [1.165, 1.54) is 6.92 Å². The van der Waals surface area contributed by atoms with Gasteiger partial charge in [-0.25, -0.2) is 14.2 Å². The Morgan fingerprint density at radius 1 is 1.40 bits per heavy atom. The van der Waals surface area contributed by atoms with Crippen LogP contribution in [0.25, 0.3) is 11.2 Å². The molecule has 13 heteroatoms. The fourth-order valence-electron chi connectivity index (χ4n) is 3.22. The van der Waals surface area contributed by atoms with Crippen molar-refractivity contribution >= 4 is 35.0 Å². The predicted molar refractivity (Wildman–Crippen MR) is 99.5 cm³/mol. The molecule has 0 aromatic carbocycles. The lowest BCUT2D eigenvalue weighted by molar-refractivity contribution is -0.155. The largest absolute Gasteiger partial charge is 0.479 e. The number of aliphatic carboxylic acids is 1. The highest BCUT2D eigenvalue weighted by atomic mass is 16.6. The third-order valence-electron chi connectivity index (χ3n) is 4.27. The molecule has 0 bridgehead atoms. The van der Waals surface area contributed by atoms with Crippen molar-refractivity contribution in [2.75, 3.05) is 5.32 Å². The van der Waals surface area contributed by atoms with Crippen LogP contribution in [-0.2, 0) is 30.4 Å². The van der Waals surface area contributed by atoms with Gasteiger partial charge in [-0.1, -0.05) is 5.92 Å². The van der Waals surface area contributed by atoms with E-state index in [2.05, 4.69) is 21.2 Å². The van der Waals surface area contributed by atoms with Crippen molar-refractivity contribution in [3.05, 3.63) is 20.8 Å². The Morgan fingerprint density at radius 3 is 2.67 bits per heavy atom. The Bertz CT molecular complexity index is 1200. The van der Waals surface area contributed by atoms with Gasteiger partial charge in [0.2, 0.25) is 11.9 Å². The van der Waals surface area contributed by atoms with E-state index in [1.807, 2.05) is 0 Å². The van der Waals surface area contributed by atoms with Gasteiger partial charge >= 0.3 is 17.6 Å². The number of aromatic nitrogens is 4. The molecule has 3 heterocycles. The van der Waals surface area contributed by atoms with E-state index in [1.54, 1.807) is 0 Å². The molecule has 3 rings (SSSR count). The molecule has 2 aromatic rings. The predicted octanol–water partition coefficient (Wildman–Crippen LogP) is -1.22. The molecule has 158 valence electrons. The van der Waals surface area contributed by atoms with Crippen molar-refractivity contribution in [3.8, 4) is 12.3 Å². The maximum Gasteiger partial charge on any atom is 0.333 e. The highest BCUT2D eigenvalue weighted by molar-refractivity contribution is 5.87. The Labute approximate surface area is 167 Å². The normalized spacial score (nSPS) is 20.6. The number of esters is 1. The van der Waals surface area contributed by atoms with E-state index in [0.717, 1.165) is 16.1 Å². The average Bonchev–Trinajstić information content (AvgIpc) is 3.14. The van der Waals surface area contributed by atoms with Crippen LogP contribution in [0.4, 0.5) is 5.95 Å². The zero-order valence-corrected chi connectivity index (χ0v) is 15.9. The highest BCUT2D eigenvalue weighted by Gasteiger charge is 2.44. The van der Waals surface area contributed by atoms with Crippen molar-refractivity contribution in [2.24, 2.45) is 0 Å². The molecule has 2 aromatic heterocycles. The second kappa shape index (κ2) is 7.84. The van der Waals surface area contributed by atoms with Crippen LogP contribution >= 0.6 is 0 Å². The molecule has 0 saturated carbocycles. The number of nitrogens with one attached hydrogen (secondary N) is 2. The lowest BCUT2D eigenvalue weighted by Gasteiger charge is -2.19. The van der Waals surface area contributed by atoms with Gasteiger partial charge in [-0.3, -0.25) is 29.3 Å². The SMILES string of the molecule is C#CCn1c(=O)n(C2OC(C(=O)O)CC2OC(C)=O)c2nc(NC(C)=O)[nH]c(=O)c21. The molecule has 1 amide bonds. The number of terminal acetylenes is 1. The van der Waals surface area contributed by atoms with Gasteiger partial charge in [-0.2, -0.15) is 4.98 Å². The first-order valence-corrected chi connectivity index (χ1v) is 8.65. The minimum absolute atomic E-state index is 0.212. The van der Waals surface area contributed by atoms with Gasteiger partial charge in [0.15, 0.2) is 29.6 Å². The fraction of sp³-hybridized carbons (Fsp3) is 0.412. The second-order valence-electron chi connectivity index (χ2n) is 6.45. The smallest absolute Gasteiger partial charge is 0.333 e. The number of fused-ring (bicyclic) bond motifs is 1. The number of rotatable bonds is 5. The third kappa shape index (κ3) is 3.67. The number of nitrogens with zero attached hydrogens (tertiary/aromatic N) is 3. The Hall–Kier alpha value is -3.92. The lowest BCUT2D eigenvalue weighted by Crippen LogP contribution is -2.33. The van der Waals surface area contributed by atoms with Crippen LogP contribution in [0.3, 0.4) is 0 Å². The highest BCUT2D eigenvalue weighted by Crippen LogP contribution is 2.32. The molecule has 0 spiro atoms. The number of imidazole rings is 1. The van der Waals surface area contributed by atoms with Gasteiger partial charge in [0.25, 0.3) is 5.56 Å². The standard InChI is InChI=1S/C17H17N5O8/c1-4-5-21-11-12(19-16(18-7(2)23)20-13(11)25)22(17(21)28)14-9(29-8(3)24)6-10(30-14)15(26)27/h1,9-10,14H,5-6H2,2-3H3,(H,26,27)(H2,18,19,20,23,25). The number of amides is 1. The molecule has 13 nitrogen and oxygen atoms in total. The second-order valence-corrected chi connectivity index (χ2v) is 6.45. The summed E-state index contributed by atoms with van der Waals surface area (Å²) in [6.07, 6.45) is 1.18. The number of hydrogen-bond acceptors (Lipinski definition) is 8. The summed E-state index contributed by atoms with van der Waals surface area (Å²) in [7, 11) is 0. The van der Waals surface area contributed by atoms with Crippen LogP contribution in [-0.4, -0.2) is 54.3 Å². The minimum Gasteiger partial charge on any atom is -0.479 e. The van der Waals surface area contributed by atoms with E-state index in [0.29, 0.717) is 0 Å². The van der Waals surface area contributed by atoms with Crippen LogP contribution in [0.15, 0.2) is 9.59 Å². The molecule has 1 saturated heterocycles. The summed E-state index contributed by atoms with van der Waals surface area (Å²) in [6, 6.07) is 0. The number of hydrogen-bond donors (Lipinski definition) is 3. The monoisotopic (exact) mass is 419 g/mol. The van der Waals surface area contributed by atoms with E-state index < -0.39 is 47.5 Å². The summed E-state index contributed by atoms with van der Waals surface area (Å²) in [4.78, 5) is 66.2. The lowest BCUT2D eigenvalue weighted by atomic mass is 10.2. The molecule has 0 aliphatic carbocycles. The number of ether oxygens (including phenoxy) is 2. The number of aromatic amines is 1. The van der Waals surface area contributed by atoms with Crippen LogP contribution in [0.2, 0.25) is 0 Å². The first kappa shape index (κ1) is 20.8. The fourth-order valence-corrected chi connectivity index (χ4v) is 3.22. The summed E-state index contributed by atoms with van der Waals surface area (Å²) in [6.45, 7) is 2.02. The zero-order valence-electron chi connectivity index (χ0n) is 15.9. The number of carboxylic acid groups (broad SMARTS) is 1. The molecular formula is C17H17N5O8. The molecule has 1 fully saturated rings. The van der Waals surface area contributed by atoms with Gasteiger partial charge in [0, 0.05) is 20.3 Å². The summed E-state index contributed by atoms with van der Waals surface area (Å²) < 4.78 is 12.4.